The molecule has 1 saturated heterocycles. The fourth-order valence-corrected chi connectivity index (χ4v) is 4.28. The van der Waals surface area contributed by atoms with Crippen molar-refractivity contribution < 1.29 is 8.42 Å². The normalized spacial score (nSPS) is 17.9. The van der Waals surface area contributed by atoms with Crippen molar-refractivity contribution in [3.05, 3.63) is 27.7 Å². The van der Waals surface area contributed by atoms with Crippen LogP contribution in [0, 0.1) is 0 Å². The number of halogens is 2. The van der Waals surface area contributed by atoms with Crippen LogP contribution in [0.25, 0.3) is 0 Å². The summed E-state index contributed by atoms with van der Waals surface area (Å²) >= 11 is 9.21. The molecule has 88 valence electrons. The molecule has 0 unspecified atom stereocenters. The summed E-state index contributed by atoms with van der Waals surface area (Å²) < 4.78 is 26.6. The van der Waals surface area contributed by atoms with Crippen LogP contribution < -0.4 is 0 Å². The highest BCUT2D eigenvalue weighted by atomic mass is 79.9. The van der Waals surface area contributed by atoms with Gasteiger partial charge < -0.3 is 0 Å². The van der Waals surface area contributed by atoms with Crippen molar-refractivity contribution in [1.82, 2.24) is 4.31 Å². The van der Waals surface area contributed by atoms with E-state index in [1.807, 2.05) is 0 Å². The monoisotopic (exact) mass is 323 g/mol. The van der Waals surface area contributed by atoms with E-state index < -0.39 is 10.0 Å². The minimum absolute atomic E-state index is 0.194. The second kappa shape index (κ2) is 4.64. The SMILES string of the molecule is O=S(=O)(c1ccc(Br)cc1Cl)N1CCCC1. The van der Waals surface area contributed by atoms with Crippen LogP contribution in [-0.4, -0.2) is 25.8 Å². The number of hydrogen-bond acceptors (Lipinski definition) is 2. The zero-order valence-electron chi connectivity index (χ0n) is 8.49. The lowest BCUT2D eigenvalue weighted by molar-refractivity contribution is 0.477. The molecule has 1 heterocycles. The topological polar surface area (TPSA) is 37.4 Å². The van der Waals surface area contributed by atoms with Crippen LogP contribution in [-0.2, 0) is 10.0 Å². The summed E-state index contributed by atoms with van der Waals surface area (Å²) in [4.78, 5) is 0.194. The van der Waals surface area contributed by atoms with Gasteiger partial charge in [-0.2, -0.15) is 4.31 Å². The third kappa shape index (κ3) is 2.27. The van der Waals surface area contributed by atoms with E-state index in [1.54, 1.807) is 18.2 Å². The van der Waals surface area contributed by atoms with E-state index in [2.05, 4.69) is 15.9 Å². The van der Waals surface area contributed by atoms with Gasteiger partial charge in [0.25, 0.3) is 0 Å². The summed E-state index contributed by atoms with van der Waals surface area (Å²) in [5.41, 5.74) is 0. The van der Waals surface area contributed by atoms with Crippen LogP contribution in [0.5, 0.6) is 0 Å². The Morgan fingerprint density at radius 1 is 1.25 bits per heavy atom. The fourth-order valence-electron chi connectivity index (χ4n) is 1.75. The van der Waals surface area contributed by atoms with Gasteiger partial charge >= 0.3 is 0 Å². The number of nitrogens with zero attached hydrogens (tertiary/aromatic N) is 1. The maximum absolute atomic E-state index is 12.2. The van der Waals surface area contributed by atoms with Gasteiger partial charge in [0, 0.05) is 17.6 Å². The third-order valence-electron chi connectivity index (χ3n) is 2.58. The highest BCUT2D eigenvalue weighted by molar-refractivity contribution is 9.10. The summed E-state index contributed by atoms with van der Waals surface area (Å²) in [5, 5.41) is 0.265. The maximum Gasteiger partial charge on any atom is 0.244 e. The van der Waals surface area contributed by atoms with E-state index in [9.17, 15) is 8.42 Å². The minimum Gasteiger partial charge on any atom is -0.207 e. The van der Waals surface area contributed by atoms with Crippen molar-refractivity contribution >= 4 is 37.6 Å². The zero-order chi connectivity index (χ0) is 11.8. The lowest BCUT2D eigenvalue weighted by Gasteiger charge is -2.16. The number of rotatable bonds is 2. The molecule has 0 saturated carbocycles. The first-order valence-electron chi connectivity index (χ1n) is 4.97. The van der Waals surface area contributed by atoms with Gasteiger partial charge in [0.2, 0.25) is 10.0 Å². The predicted molar refractivity (Wildman–Crippen MR) is 67.1 cm³/mol. The molecule has 0 radical (unpaired) electrons. The largest absolute Gasteiger partial charge is 0.244 e. The van der Waals surface area contributed by atoms with Crippen LogP contribution in [0.4, 0.5) is 0 Å². The molecule has 16 heavy (non-hydrogen) atoms. The van der Waals surface area contributed by atoms with Crippen molar-refractivity contribution in [2.45, 2.75) is 17.7 Å². The van der Waals surface area contributed by atoms with Gasteiger partial charge in [-0.15, -0.1) is 0 Å². The Balaban J connectivity index is 2.42. The molecule has 1 aliphatic rings. The average Bonchev–Trinajstić information content (AvgIpc) is 2.69. The Bertz CT molecular complexity index is 498. The lowest BCUT2D eigenvalue weighted by Crippen LogP contribution is -2.28. The molecular weight excluding hydrogens is 314 g/mol. The summed E-state index contributed by atoms with van der Waals surface area (Å²) in [7, 11) is -3.41. The average molecular weight is 325 g/mol. The smallest absolute Gasteiger partial charge is 0.207 e. The Morgan fingerprint density at radius 2 is 1.88 bits per heavy atom. The summed E-state index contributed by atoms with van der Waals surface area (Å²) in [5.74, 6) is 0. The van der Waals surface area contributed by atoms with Crippen molar-refractivity contribution in [2.75, 3.05) is 13.1 Å². The van der Waals surface area contributed by atoms with Gasteiger partial charge in [-0.25, -0.2) is 8.42 Å². The van der Waals surface area contributed by atoms with E-state index >= 15 is 0 Å². The molecule has 6 heteroatoms. The van der Waals surface area contributed by atoms with Gasteiger partial charge in [-0.3, -0.25) is 0 Å². The molecule has 1 aromatic rings. The molecule has 3 nitrogen and oxygen atoms in total. The van der Waals surface area contributed by atoms with E-state index in [1.165, 1.54) is 4.31 Å². The Labute approximate surface area is 109 Å². The second-order valence-electron chi connectivity index (χ2n) is 3.69. The first-order chi connectivity index (χ1) is 7.51. The second-order valence-corrected chi connectivity index (χ2v) is 6.92. The molecule has 1 fully saturated rings. The molecule has 0 atom stereocenters. The van der Waals surface area contributed by atoms with Crippen LogP contribution in [0.1, 0.15) is 12.8 Å². The third-order valence-corrected chi connectivity index (χ3v) is 5.45. The highest BCUT2D eigenvalue weighted by Crippen LogP contribution is 2.29. The summed E-state index contributed by atoms with van der Waals surface area (Å²) in [6.45, 7) is 1.18. The Kier molecular flexibility index (Phi) is 3.59. The van der Waals surface area contributed by atoms with E-state index in [0.29, 0.717) is 13.1 Å². The Hall–Kier alpha value is -0.100. The van der Waals surface area contributed by atoms with E-state index in [-0.39, 0.29) is 9.92 Å². The molecule has 0 amide bonds. The summed E-state index contributed by atoms with van der Waals surface area (Å²) in [6, 6.07) is 4.83. The first kappa shape index (κ1) is 12.4. The standard InChI is InChI=1S/C10H11BrClNO2S/c11-8-3-4-10(9(12)7-8)16(14,15)13-5-1-2-6-13/h3-4,7H,1-2,5-6H2. The predicted octanol–water partition coefficient (Wildman–Crippen LogP) is 2.89. The fraction of sp³-hybridized carbons (Fsp3) is 0.400. The van der Waals surface area contributed by atoms with Crippen molar-refractivity contribution in [2.24, 2.45) is 0 Å². The zero-order valence-corrected chi connectivity index (χ0v) is 11.6. The van der Waals surface area contributed by atoms with Crippen LogP contribution in [0.3, 0.4) is 0 Å². The lowest BCUT2D eigenvalue weighted by atomic mass is 10.4. The van der Waals surface area contributed by atoms with Gasteiger partial charge in [0.1, 0.15) is 4.90 Å². The van der Waals surface area contributed by atoms with E-state index in [0.717, 1.165) is 17.3 Å². The highest BCUT2D eigenvalue weighted by Gasteiger charge is 2.28. The van der Waals surface area contributed by atoms with Gasteiger partial charge in [-0.1, -0.05) is 27.5 Å². The summed E-state index contributed by atoms with van der Waals surface area (Å²) in [6.07, 6.45) is 1.85. The van der Waals surface area contributed by atoms with Crippen molar-refractivity contribution in [3.8, 4) is 0 Å². The quantitative estimate of drug-likeness (QED) is 0.839. The molecule has 0 aliphatic carbocycles. The number of sulfonamides is 1. The molecule has 0 N–H and O–H groups in total. The molecule has 2 rings (SSSR count). The molecular formula is C10H11BrClNO2S. The minimum atomic E-state index is -3.41. The van der Waals surface area contributed by atoms with Gasteiger partial charge in [0.15, 0.2) is 0 Å². The van der Waals surface area contributed by atoms with Crippen molar-refractivity contribution in [1.29, 1.82) is 0 Å². The van der Waals surface area contributed by atoms with Crippen LogP contribution >= 0.6 is 27.5 Å². The molecule has 0 aromatic heterocycles. The Morgan fingerprint density at radius 3 is 2.44 bits per heavy atom. The molecule has 0 bridgehead atoms. The van der Waals surface area contributed by atoms with Crippen LogP contribution in [0.15, 0.2) is 27.6 Å². The molecule has 0 spiro atoms. The van der Waals surface area contributed by atoms with Gasteiger partial charge in [0.05, 0.1) is 5.02 Å². The maximum atomic E-state index is 12.2. The first-order valence-corrected chi connectivity index (χ1v) is 7.58. The van der Waals surface area contributed by atoms with E-state index in [4.69, 9.17) is 11.6 Å². The number of hydrogen-bond donors (Lipinski definition) is 0. The van der Waals surface area contributed by atoms with Crippen molar-refractivity contribution in [3.63, 3.8) is 0 Å². The number of benzene rings is 1. The molecule has 1 aromatic carbocycles. The van der Waals surface area contributed by atoms with Crippen LogP contribution in [0.2, 0.25) is 5.02 Å². The molecule has 1 aliphatic heterocycles. The van der Waals surface area contributed by atoms with Gasteiger partial charge in [-0.05, 0) is 31.0 Å².